The molecule has 0 bridgehead atoms. The summed E-state index contributed by atoms with van der Waals surface area (Å²) in [6.45, 7) is 0. The predicted molar refractivity (Wildman–Crippen MR) is 28.6 cm³/mol. The van der Waals surface area contributed by atoms with Gasteiger partial charge in [0.2, 0.25) is 0 Å². The molecule has 8 heavy (non-hydrogen) atoms. The standard InChI is InChI=1S/C7H4N/c1-4-2-8-3-6-5(1)7(4)6/h2,5H,1H2. The third-order valence-electron chi connectivity index (χ3n) is 2.08. The van der Waals surface area contributed by atoms with Crippen molar-refractivity contribution < 1.29 is 0 Å². The lowest BCUT2D eigenvalue weighted by Gasteiger charge is -2.04. The van der Waals surface area contributed by atoms with E-state index in [2.05, 4.69) is 11.2 Å². The monoisotopic (exact) mass is 102 g/mol. The van der Waals surface area contributed by atoms with Crippen molar-refractivity contribution in [2.24, 2.45) is 0 Å². The van der Waals surface area contributed by atoms with Gasteiger partial charge >= 0.3 is 0 Å². The molecular formula is C7H4N. The summed E-state index contributed by atoms with van der Waals surface area (Å²) in [6.07, 6.45) is 6.16. The zero-order valence-electron chi connectivity index (χ0n) is 4.31. The third-order valence-corrected chi connectivity index (χ3v) is 2.08. The van der Waals surface area contributed by atoms with Crippen molar-refractivity contribution in [1.82, 2.24) is 4.98 Å². The lowest BCUT2D eigenvalue weighted by molar-refractivity contribution is 0.868. The van der Waals surface area contributed by atoms with E-state index >= 15 is 0 Å². The van der Waals surface area contributed by atoms with Crippen LogP contribution in [-0.4, -0.2) is 4.98 Å². The van der Waals surface area contributed by atoms with E-state index in [4.69, 9.17) is 0 Å². The van der Waals surface area contributed by atoms with Gasteiger partial charge in [-0.15, -0.1) is 0 Å². The molecule has 0 saturated carbocycles. The molecule has 1 unspecified atom stereocenters. The molecule has 0 N–H and O–H groups in total. The second-order valence-electron chi connectivity index (χ2n) is 2.48. The van der Waals surface area contributed by atoms with Gasteiger partial charge in [0, 0.05) is 12.1 Å². The minimum absolute atomic E-state index is 0.812. The van der Waals surface area contributed by atoms with E-state index in [0.29, 0.717) is 0 Å². The van der Waals surface area contributed by atoms with Crippen LogP contribution in [0.4, 0.5) is 0 Å². The SMILES string of the molecule is [c]1ncc2c3c1C3C2. The van der Waals surface area contributed by atoms with Gasteiger partial charge in [0.1, 0.15) is 0 Å². The molecule has 0 spiro atoms. The number of pyridine rings is 1. The second kappa shape index (κ2) is 0.711. The zero-order valence-corrected chi connectivity index (χ0v) is 4.31. The van der Waals surface area contributed by atoms with Gasteiger partial charge in [-0.1, -0.05) is 0 Å². The molecule has 3 rings (SSSR count). The first-order valence-electron chi connectivity index (χ1n) is 2.86. The summed E-state index contributed by atoms with van der Waals surface area (Å²) in [6, 6.07) is 0. The summed E-state index contributed by atoms with van der Waals surface area (Å²) < 4.78 is 0. The minimum Gasteiger partial charge on any atom is -0.254 e. The summed E-state index contributed by atoms with van der Waals surface area (Å²) in [4.78, 5) is 3.95. The average Bonchev–Trinajstić information content (AvgIpc) is 2.33. The fraction of sp³-hybridized carbons (Fsp3) is 0.286. The molecule has 0 fully saturated rings. The Morgan fingerprint density at radius 2 is 2.75 bits per heavy atom. The Morgan fingerprint density at radius 3 is 3.50 bits per heavy atom. The molecular weight excluding hydrogens is 98.1 g/mol. The molecule has 2 aliphatic carbocycles. The van der Waals surface area contributed by atoms with Crippen LogP contribution < -0.4 is 0 Å². The molecule has 1 atom stereocenters. The molecule has 1 heterocycles. The van der Waals surface area contributed by atoms with Crippen LogP contribution in [0.1, 0.15) is 22.6 Å². The molecule has 37 valence electrons. The fourth-order valence-corrected chi connectivity index (χ4v) is 1.51. The van der Waals surface area contributed by atoms with Crippen molar-refractivity contribution in [3.63, 3.8) is 0 Å². The zero-order chi connectivity index (χ0) is 5.14. The molecule has 1 aromatic rings. The summed E-state index contributed by atoms with van der Waals surface area (Å²) in [5.41, 5.74) is 4.41. The maximum absolute atomic E-state index is 3.95. The predicted octanol–water partition coefficient (Wildman–Crippen LogP) is 0.883. The number of rotatable bonds is 0. The molecule has 0 aromatic carbocycles. The number of hydrogen-bond donors (Lipinski definition) is 0. The lowest BCUT2D eigenvalue weighted by Crippen LogP contribution is -1.94. The Balaban J connectivity index is 2.54. The molecule has 2 aliphatic rings. The van der Waals surface area contributed by atoms with Crippen LogP contribution in [0.25, 0.3) is 0 Å². The van der Waals surface area contributed by atoms with Gasteiger partial charge in [0.05, 0.1) is 6.20 Å². The Bertz CT molecular complexity index is 265. The lowest BCUT2D eigenvalue weighted by atomic mass is 10.00. The summed E-state index contributed by atoms with van der Waals surface area (Å²) in [5.74, 6) is 0.812. The molecule has 1 radical (unpaired) electrons. The Kier molecular flexibility index (Phi) is 0.287. The van der Waals surface area contributed by atoms with E-state index in [1.807, 2.05) is 6.20 Å². The van der Waals surface area contributed by atoms with Crippen LogP contribution in [0.15, 0.2) is 6.20 Å². The highest BCUT2D eigenvalue weighted by Crippen LogP contribution is 2.55. The summed E-state index contributed by atoms with van der Waals surface area (Å²) in [7, 11) is 0. The summed E-state index contributed by atoms with van der Waals surface area (Å²) >= 11 is 0. The van der Waals surface area contributed by atoms with Crippen LogP contribution in [0.5, 0.6) is 0 Å². The van der Waals surface area contributed by atoms with Crippen molar-refractivity contribution in [2.45, 2.75) is 12.3 Å². The highest BCUT2D eigenvalue weighted by Gasteiger charge is 2.44. The average molecular weight is 102 g/mol. The number of hydrogen-bond acceptors (Lipinski definition) is 1. The summed E-state index contributed by atoms with van der Waals surface area (Å²) in [5, 5.41) is 0. The van der Waals surface area contributed by atoms with Crippen LogP contribution in [0.3, 0.4) is 0 Å². The Labute approximate surface area is 47.4 Å². The van der Waals surface area contributed by atoms with E-state index < -0.39 is 0 Å². The Hall–Kier alpha value is -0.850. The minimum atomic E-state index is 0.812. The second-order valence-corrected chi connectivity index (χ2v) is 2.48. The van der Waals surface area contributed by atoms with Crippen molar-refractivity contribution >= 4 is 0 Å². The number of fused-ring (bicyclic) bond motifs is 1. The number of nitrogens with zero attached hydrogens (tertiary/aromatic N) is 1. The van der Waals surface area contributed by atoms with Gasteiger partial charge in [-0.05, 0) is 23.1 Å². The first kappa shape index (κ1) is 3.23. The van der Waals surface area contributed by atoms with Crippen LogP contribution in [-0.2, 0) is 6.42 Å². The maximum atomic E-state index is 3.95. The first-order valence-corrected chi connectivity index (χ1v) is 2.86. The molecule has 1 nitrogen and oxygen atoms in total. The van der Waals surface area contributed by atoms with E-state index in [9.17, 15) is 0 Å². The first-order chi connectivity index (χ1) is 3.97. The smallest absolute Gasteiger partial charge is 0.0930 e. The number of aromatic nitrogens is 1. The van der Waals surface area contributed by atoms with Gasteiger partial charge in [0.15, 0.2) is 0 Å². The fourth-order valence-electron chi connectivity index (χ4n) is 1.51. The molecule has 1 heteroatoms. The van der Waals surface area contributed by atoms with Crippen molar-refractivity contribution in [3.05, 3.63) is 29.1 Å². The van der Waals surface area contributed by atoms with Crippen molar-refractivity contribution in [3.8, 4) is 0 Å². The van der Waals surface area contributed by atoms with Gasteiger partial charge in [0.25, 0.3) is 0 Å². The van der Waals surface area contributed by atoms with Gasteiger partial charge in [-0.25, -0.2) is 0 Å². The highest BCUT2D eigenvalue weighted by atomic mass is 14.7. The van der Waals surface area contributed by atoms with Crippen LogP contribution in [0, 0.1) is 6.20 Å². The normalized spacial score (nSPS) is 26.2. The quantitative estimate of drug-likeness (QED) is 0.474. The van der Waals surface area contributed by atoms with Crippen molar-refractivity contribution in [1.29, 1.82) is 0 Å². The van der Waals surface area contributed by atoms with Crippen LogP contribution in [0.2, 0.25) is 0 Å². The molecule has 0 saturated heterocycles. The maximum Gasteiger partial charge on any atom is 0.0930 e. The van der Waals surface area contributed by atoms with E-state index in [1.165, 1.54) is 17.5 Å². The van der Waals surface area contributed by atoms with Gasteiger partial charge < -0.3 is 0 Å². The van der Waals surface area contributed by atoms with E-state index in [-0.39, 0.29) is 0 Å². The van der Waals surface area contributed by atoms with Crippen LogP contribution >= 0.6 is 0 Å². The van der Waals surface area contributed by atoms with E-state index in [1.54, 1.807) is 5.56 Å². The highest BCUT2D eigenvalue weighted by molar-refractivity contribution is 5.63. The van der Waals surface area contributed by atoms with Crippen molar-refractivity contribution in [2.75, 3.05) is 0 Å². The molecule has 1 aromatic heterocycles. The largest absolute Gasteiger partial charge is 0.254 e. The molecule has 0 aliphatic heterocycles. The van der Waals surface area contributed by atoms with Gasteiger partial charge in [-0.3, -0.25) is 4.98 Å². The topological polar surface area (TPSA) is 12.9 Å². The molecule has 0 amide bonds. The Morgan fingerprint density at radius 1 is 1.75 bits per heavy atom. The van der Waals surface area contributed by atoms with Gasteiger partial charge in [-0.2, -0.15) is 0 Å². The van der Waals surface area contributed by atoms with E-state index in [0.717, 1.165) is 5.92 Å². The third kappa shape index (κ3) is 0.166.